The first kappa shape index (κ1) is 9.52. The molecule has 4 heterocycles. The normalized spacial score (nSPS) is 12.2. The number of rotatable bonds is 0. The Hall–Kier alpha value is -2.40. The summed E-state index contributed by atoms with van der Waals surface area (Å²) in [4.78, 5) is 4.48. The van der Waals surface area contributed by atoms with Gasteiger partial charge in [0, 0.05) is 4.70 Å². The van der Waals surface area contributed by atoms with E-state index in [0.29, 0.717) is 0 Å². The van der Waals surface area contributed by atoms with E-state index in [1.165, 1.54) is 25.7 Å². The van der Waals surface area contributed by atoms with Crippen molar-refractivity contribution in [1.29, 1.82) is 0 Å². The van der Waals surface area contributed by atoms with Crippen molar-refractivity contribution in [2.24, 2.45) is 0 Å². The summed E-state index contributed by atoms with van der Waals surface area (Å²) in [5.41, 5.74) is 2.18. The second-order valence-electron chi connectivity index (χ2n) is 4.59. The first-order valence-corrected chi connectivity index (χ1v) is 6.90. The van der Waals surface area contributed by atoms with Gasteiger partial charge in [-0.25, -0.2) is 4.98 Å². The number of pyridine rings is 1. The first-order valence-electron chi connectivity index (χ1n) is 6.08. The summed E-state index contributed by atoms with van der Waals surface area (Å²) < 4.78 is 6.60. The number of nitrogens with one attached hydrogen (secondary N) is 1. The third-order valence-electron chi connectivity index (χ3n) is 3.54. The van der Waals surface area contributed by atoms with Gasteiger partial charge < -0.3 is 0 Å². The molecular weight excluding hydrogens is 256 g/mol. The highest BCUT2D eigenvalue weighted by Gasteiger charge is 2.17. The molecule has 0 aliphatic rings. The molecule has 90 valence electrons. The van der Waals surface area contributed by atoms with E-state index in [4.69, 9.17) is 0 Å². The Morgan fingerprint density at radius 1 is 1.16 bits per heavy atom. The molecule has 0 unspecified atom stereocenters. The van der Waals surface area contributed by atoms with Gasteiger partial charge in [-0.1, -0.05) is 11.3 Å². The SMILES string of the molecule is c1cc2sc3ccc[n+]4[nH]n5ccnc5c(c1)c2c34. The quantitative estimate of drug-likeness (QED) is 0.429. The van der Waals surface area contributed by atoms with Gasteiger partial charge in [-0.15, -0.1) is 20.4 Å². The van der Waals surface area contributed by atoms with Crippen molar-refractivity contribution in [3.8, 4) is 0 Å². The van der Waals surface area contributed by atoms with Gasteiger partial charge in [0.15, 0.2) is 5.52 Å². The minimum absolute atomic E-state index is 0.953. The first-order chi connectivity index (χ1) is 9.42. The van der Waals surface area contributed by atoms with Crippen molar-refractivity contribution >= 4 is 42.7 Å². The van der Waals surface area contributed by atoms with Crippen molar-refractivity contribution in [2.45, 2.75) is 0 Å². The topological polar surface area (TPSA) is 37.2 Å². The van der Waals surface area contributed by atoms with Crippen LogP contribution in [0.2, 0.25) is 0 Å². The third kappa shape index (κ3) is 1.08. The molecular formula is C14H9N4S+. The van der Waals surface area contributed by atoms with Crippen molar-refractivity contribution in [3.63, 3.8) is 0 Å². The molecule has 0 aliphatic carbocycles. The molecule has 0 saturated heterocycles. The van der Waals surface area contributed by atoms with Gasteiger partial charge in [0.2, 0.25) is 0 Å². The summed E-state index contributed by atoms with van der Waals surface area (Å²) in [6.45, 7) is 0. The number of nitrogens with zero attached hydrogens (tertiary/aromatic N) is 3. The molecule has 5 heteroatoms. The molecule has 0 saturated carbocycles. The molecule has 0 spiro atoms. The number of aromatic amines is 1. The Kier molecular flexibility index (Phi) is 1.57. The fourth-order valence-electron chi connectivity index (χ4n) is 2.76. The van der Waals surface area contributed by atoms with Crippen LogP contribution < -0.4 is 4.52 Å². The number of hydrogen-bond donors (Lipinski definition) is 1. The monoisotopic (exact) mass is 265 g/mol. The van der Waals surface area contributed by atoms with E-state index in [-0.39, 0.29) is 0 Å². The van der Waals surface area contributed by atoms with E-state index in [2.05, 4.69) is 45.0 Å². The largest absolute Gasteiger partial charge is 0.252 e. The minimum Gasteiger partial charge on any atom is -0.212 e. The average molecular weight is 265 g/mol. The van der Waals surface area contributed by atoms with Crippen LogP contribution in [0.4, 0.5) is 0 Å². The number of fused-ring (bicyclic) bond motifs is 2. The van der Waals surface area contributed by atoms with E-state index in [0.717, 1.165) is 5.65 Å². The number of thiophene rings is 1. The van der Waals surface area contributed by atoms with Crippen molar-refractivity contribution < 1.29 is 4.52 Å². The van der Waals surface area contributed by atoms with Gasteiger partial charge in [0.25, 0.3) is 5.65 Å². The second kappa shape index (κ2) is 3.13. The van der Waals surface area contributed by atoms with Crippen molar-refractivity contribution in [3.05, 3.63) is 48.9 Å². The number of benzene rings is 1. The molecule has 19 heavy (non-hydrogen) atoms. The molecule has 5 rings (SSSR count). The number of H-pyrrole nitrogens is 1. The second-order valence-corrected chi connectivity index (χ2v) is 5.68. The zero-order valence-electron chi connectivity index (χ0n) is 9.87. The van der Waals surface area contributed by atoms with Crippen LogP contribution in [0.15, 0.2) is 48.9 Å². The van der Waals surface area contributed by atoms with Crippen LogP contribution in [-0.2, 0) is 0 Å². The molecule has 1 aromatic carbocycles. The fourth-order valence-corrected chi connectivity index (χ4v) is 3.90. The number of imidazole rings is 1. The standard InChI is InChI=1S/C14H9N4S/c1-3-9-12-10(4-1)19-11-5-2-7-17(13(11)12)16-18-8-6-15-14(9)18/h1-8,16H/q+1. The van der Waals surface area contributed by atoms with E-state index >= 15 is 0 Å². The van der Waals surface area contributed by atoms with Crippen molar-refractivity contribution in [2.75, 3.05) is 0 Å². The van der Waals surface area contributed by atoms with Gasteiger partial charge in [-0.05, 0) is 24.3 Å². The van der Waals surface area contributed by atoms with Crippen molar-refractivity contribution in [1.82, 2.24) is 14.7 Å². The Morgan fingerprint density at radius 3 is 3.11 bits per heavy atom. The molecule has 0 atom stereocenters. The highest BCUT2D eigenvalue weighted by atomic mass is 32.1. The lowest BCUT2D eigenvalue weighted by Gasteiger charge is -1.90. The zero-order chi connectivity index (χ0) is 12.4. The van der Waals surface area contributed by atoms with E-state index in [9.17, 15) is 0 Å². The molecule has 0 aliphatic heterocycles. The smallest absolute Gasteiger partial charge is 0.212 e. The Balaban J connectivity index is 2.35. The Bertz CT molecular complexity index is 1070. The van der Waals surface area contributed by atoms with E-state index < -0.39 is 0 Å². The predicted octanol–water partition coefficient (Wildman–Crippen LogP) is 2.77. The Labute approximate surface area is 111 Å². The molecule has 5 aromatic rings. The van der Waals surface area contributed by atoms with Crippen LogP contribution in [-0.4, -0.2) is 14.7 Å². The summed E-state index contributed by atoms with van der Waals surface area (Å²) in [5, 5.41) is 5.82. The molecule has 0 amide bonds. The molecule has 0 bridgehead atoms. The van der Waals surface area contributed by atoms with Crippen LogP contribution in [0.1, 0.15) is 0 Å². The van der Waals surface area contributed by atoms with Gasteiger partial charge in [0.05, 0.1) is 21.7 Å². The van der Waals surface area contributed by atoms with Gasteiger partial charge in [-0.3, -0.25) is 0 Å². The maximum atomic E-state index is 4.48. The van der Waals surface area contributed by atoms with Crippen LogP contribution in [0.3, 0.4) is 0 Å². The highest BCUT2D eigenvalue weighted by Crippen LogP contribution is 2.35. The minimum atomic E-state index is 0.953. The van der Waals surface area contributed by atoms with Gasteiger partial charge in [-0.2, -0.15) is 0 Å². The summed E-state index contributed by atoms with van der Waals surface area (Å²) in [6, 6.07) is 10.6. The summed E-state index contributed by atoms with van der Waals surface area (Å²) in [6.07, 6.45) is 5.80. The summed E-state index contributed by atoms with van der Waals surface area (Å²) in [5.74, 6) is 0. The van der Waals surface area contributed by atoms with Gasteiger partial charge in [0.1, 0.15) is 12.4 Å². The van der Waals surface area contributed by atoms with Crippen LogP contribution >= 0.6 is 11.3 Å². The van der Waals surface area contributed by atoms with Crippen LogP contribution in [0.25, 0.3) is 31.3 Å². The van der Waals surface area contributed by atoms with Crippen LogP contribution in [0, 0.1) is 0 Å². The molecule has 0 fully saturated rings. The summed E-state index contributed by atoms with van der Waals surface area (Å²) in [7, 11) is 0. The molecule has 1 N–H and O–H groups in total. The summed E-state index contributed by atoms with van der Waals surface area (Å²) >= 11 is 1.82. The maximum Gasteiger partial charge on any atom is 0.252 e. The third-order valence-corrected chi connectivity index (χ3v) is 4.65. The van der Waals surface area contributed by atoms with Crippen LogP contribution in [0.5, 0.6) is 0 Å². The Morgan fingerprint density at radius 2 is 2.11 bits per heavy atom. The molecule has 4 aromatic heterocycles. The lowest BCUT2D eigenvalue weighted by molar-refractivity contribution is -0.585. The molecule has 0 radical (unpaired) electrons. The van der Waals surface area contributed by atoms with E-state index in [1.54, 1.807) is 0 Å². The van der Waals surface area contributed by atoms with Gasteiger partial charge >= 0.3 is 0 Å². The molecule has 4 nitrogen and oxygen atoms in total. The maximum absolute atomic E-state index is 4.48. The zero-order valence-corrected chi connectivity index (χ0v) is 10.7. The number of hydrogen-bond acceptors (Lipinski definition) is 2. The fraction of sp³-hybridized carbons (Fsp3) is 0. The van der Waals surface area contributed by atoms with E-state index in [1.807, 2.05) is 34.4 Å². The lowest BCUT2D eigenvalue weighted by atomic mass is 10.1. The number of aromatic nitrogens is 4. The average Bonchev–Trinajstić information content (AvgIpc) is 2.99. The lowest BCUT2D eigenvalue weighted by Crippen LogP contribution is -2.26. The predicted molar refractivity (Wildman–Crippen MR) is 75.6 cm³/mol. The highest BCUT2D eigenvalue weighted by molar-refractivity contribution is 7.25.